The van der Waals surface area contributed by atoms with Crippen LogP contribution in [0.2, 0.25) is 0 Å². The SMILES string of the molecule is CC1(C)O[C@@H]2C[C@@H]3[C@@H]4CCC5=CC(=O)C=C[C@]5(C)[C@H]4[C@@H](O)C[C@]3(C)[C@]2(C(=O)O)O1. The van der Waals surface area contributed by atoms with E-state index in [-0.39, 0.29) is 29.0 Å². The summed E-state index contributed by atoms with van der Waals surface area (Å²) in [6.45, 7) is 7.62. The predicted octanol–water partition coefficient (Wildman–Crippen LogP) is 2.85. The van der Waals surface area contributed by atoms with E-state index in [2.05, 4.69) is 6.92 Å². The summed E-state index contributed by atoms with van der Waals surface area (Å²) in [6.07, 6.45) is 6.73. The van der Waals surface area contributed by atoms with E-state index in [1.165, 1.54) is 0 Å². The molecule has 6 heteroatoms. The molecule has 158 valence electrons. The van der Waals surface area contributed by atoms with Gasteiger partial charge in [-0.3, -0.25) is 4.79 Å². The number of aliphatic hydroxyl groups is 1. The Morgan fingerprint density at radius 3 is 2.66 bits per heavy atom. The maximum Gasteiger partial charge on any atom is 0.339 e. The molecule has 8 atom stereocenters. The van der Waals surface area contributed by atoms with Crippen molar-refractivity contribution in [3.05, 3.63) is 23.8 Å². The largest absolute Gasteiger partial charge is 0.479 e. The minimum Gasteiger partial charge on any atom is -0.479 e. The molecule has 0 amide bonds. The lowest BCUT2D eigenvalue weighted by atomic mass is 9.46. The van der Waals surface area contributed by atoms with Crippen molar-refractivity contribution in [1.29, 1.82) is 0 Å². The summed E-state index contributed by atoms with van der Waals surface area (Å²) in [5.74, 6) is -1.74. The quantitative estimate of drug-likeness (QED) is 0.701. The topological polar surface area (TPSA) is 93.1 Å². The van der Waals surface area contributed by atoms with Crippen LogP contribution in [0.4, 0.5) is 0 Å². The van der Waals surface area contributed by atoms with Crippen molar-refractivity contribution in [2.75, 3.05) is 0 Å². The van der Waals surface area contributed by atoms with Crippen molar-refractivity contribution < 1.29 is 29.3 Å². The summed E-state index contributed by atoms with van der Waals surface area (Å²) in [7, 11) is 0. The van der Waals surface area contributed by atoms with Gasteiger partial charge in [0, 0.05) is 16.7 Å². The second kappa shape index (κ2) is 5.59. The minimum absolute atomic E-state index is 0.00956. The average molecular weight is 402 g/mol. The lowest BCUT2D eigenvalue weighted by Crippen LogP contribution is -2.63. The van der Waals surface area contributed by atoms with Gasteiger partial charge >= 0.3 is 5.97 Å². The third-order valence-electron chi connectivity index (χ3n) is 8.81. The van der Waals surface area contributed by atoms with Crippen molar-refractivity contribution in [3.63, 3.8) is 0 Å². The number of aliphatic carboxylic acids is 1. The highest BCUT2D eigenvalue weighted by atomic mass is 16.8. The number of fused-ring (bicyclic) bond motifs is 7. The number of hydrogen-bond donors (Lipinski definition) is 2. The first-order chi connectivity index (χ1) is 13.4. The van der Waals surface area contributed by atoms with E-state index < -0.39 is 35.0 Å². The molecule has 5 rings (SSSR count). The molecule has 5 aliphatic rings. The Balaban J connectivity index is 1.59. The predicted molar refractivity (Wildman–Crippen MR) is 104 cm³/mol. The maximum absolute atomic E-state index is 12.6. The average Bonchev–Trinajstić information content (AvgIpc) is 3.02. The van der Waals surface area contributed by atoms with E-state index in [9.17, 15) is 19.8 Å². The number of ether oxygens (including phenoxy) is 2. The van der Waals surface area contributed by atoms with Crippen molar-refractivity contribution in [2.45, 2.75) is 77.0 Å². The molecular formula is C23H30O6. The van der Waals surface area contributed by atoms with Gasteiger partial charge < -0.3 is 19.7 Å². The van der Waals surface area contributed by atoms with Crippen LogP contribution in [0.5, 0.6) is 0 Å². The lowest BCUT2D eigenvalue weighted by Gasteiger charge is -2.59. The number of hydrogen-bond acceptors (Lipinski definition) is 5. The molecular weight excluding hydrogens is 372 g/mol. The fourth-order valence-electron chi connectivity index (χ4n) is 7.79. The van der Waals surface area contributed by atoms with Crippen LogP contribution >= 0.6 is 0 Å². The fraction of sp³-hybridized carbons (Fsp3) is 0.739. The standard InChI is InChI=1S/C23H30O6/c1-20(2)28-17-10-15-14-6-5-12-9-13(24)7-8-21(12,3)18(14)16(25)11-22(15,4)23(17,29-20)19(26)27/h7-9,14-18,25H,5-6,10-11H2,1-4H3,(H,26,27)/t14-,15+,16-,17+,18+,21-,22-,23-/m0/s1. The molecule has 0 radical (unpaired) electrons. The maximum atomic E-state index is 12.6. The van der Waals surface area contributed by atoms with Crippen molar-refractivity contribution in [1.82, 2.24) is 0 Å². The van der Waals surface area contributed by atoms with E-state index in [1.807, 2.05) is 13.0 Å². The number of carbonyl (C=O) groups excluding carboxylic acids is 1. The van der Waals surface area contributed by atoms with Gasteiger partial charge in [0.1, 0.15) is 6.10 Å². The van der Waals surface area contributed by atoms with Crippen molar-refractivity contribution in [3.8, 4) is 0 Å². The van der Waals surface area contributed by atoms with E-state index >= 15 is 0 Å². The normalized spacial score (nSPS) is 52.2. The summed E-state index contributed by atoms with van der Waals surface area (Å²) >= 11 is 0. The number of ketones is 1. The molecule has 4 fully saturated rings. The van der Waals surface area contributed by atoms with Gasteiger partial charge in [-0.05, 0) is 63.5 Å². The van der Waals surface area contributed by atoms with Crippen molar-refractivity contribution in [2.24, 2.45) is 28.6 Å². The zero-order valence-corrected chi connectivity index (χ0v) is 17.5. The Kier molecular flexibility index (Phi) is 3.75. The van der Waals surface area contributed by atoms with E-state index in [1.54, 1.807) is 26.0 Å². The first-order valence-corrected chi connectivity index (χ1v) is 10.7. The minimum atomic E-state index is -1.44. The molecule has 0 aromatic heterocycles. The number of carboxylic acid groups (broad SMARTS) is 1. The third kappa shape index (κ3) is 2.23. The van der Waals surface area contributed by atoms with Gasteiger partial charge in [-0.2, -0.15) is 0 Å². The summed E-state index contributed by atoms with van der Waals surface area (Å²) in [5.41, 5.74) is -1.44. The molecule has 0 aromatic rings. The highest BCUT2D eigenvalue weighted by Crippen LogP contribution is 2.70. The first-order valence-electron chi connectivity index (χ1n) is 10.7. The molecule has 1 saturated heterocycles. The number of rotatable bonds is 1. The second-order valence-corrected chi connectivity index (χ2v) is 10.6. The fourth-order valence-corrected chi connectivity index (χ4v) is 7.79. The highest BCUT2D eigenvalue weighted by molar-refractivity contribution is 6.01. The molecule has 3 saturated carbocycles. The molecule has 1 aliphatic heterocycles. The van der Waals surface area contributed by atoms with Gasteiger partial charge in [0.15, 0.2) is 17.2 Å². The molecule has 6 nitrogen and oxygen atoms in total. The number of carbonyl (C=O) groups is 2. The van der Waals surface area contributed by atoms with E-state index in [4.69, 9.17) is 9.47 Å². The van der Waals surface area contributed by atoms with Crippen LogP contribution in [0, 0.1) is 28.6 Å². The first kappa shape index (κ1) is 19.5. The highest BCUT2D eigenvalue weighted by Gasteiger charge is 2.77. The van der Waals surface area contributed by atoms with E-state index in [0.29, 0.717) is 12.8 Å². The van der Waals surface area contributed by atoms with Crippen LogP contribution in [-0.2, 0) is 19.1 Å². The summed E-state index contributed by atoms with van der Waals surface area (Å²) in [4.78, 5) is 24.5. The Morgan fingerprint density at radius 2 is 1.97 bits per heavy atom. The van der Waals surface area contributed by atoms with Gasteiger partial charge in [-0.25, -0.2) is 4.79 Å². The van der Waals surface area contributed by atoms with Crippen LogP contribution < -0.4 is 0 Å². The lowest BCUT2D eigenvalue weighted by molar-refractivity contribution is -0.232. The van der Waals surface area contributed by atoms with Crippen LogP contribution in [0.25, 0.3) is 0 Å². The Morgan fingerprint density at radius 1 is 1.24 bits per heavy atom. The Bertz CT molecular complexity index is 857. The van der Waals surface area contributed by atoms with Crippen LogP contribution in [-0.4, -0.2) is 45.6 Å². The third-order valence-corrected chi connectivity index (χ3v) is 8.81. The second-order valence-electron chi connectivity index (χ2n) is 10.6. The molecule has 0 unspecified atom stereocenters. The number of aliphatic hydroxyl groups excluding tert-OH is 1. The smallest absolute Gasteiger partial charge is 0.339 e. The van der Waals surface area contributed by atoms with Gasteiger partial charge in [0.25, 0.3) is 0 Å². The molecule has 1 heterocycles. The van der Waals surface area contributed by atoms with Gasteiger partial charge in [0.2, 0.25) is 0 Å². The van der Waals surface area contributed by atoms with Crippen LogP contribution in [0.1, 0.15) is 53.4 Å². The van der Waals surface area contributed by atoms with Gasteiger partial charge in [-0.15, -0.1) is 0 Å². The molecule has 29 heavy (non-hydrogen) atoms. The Labute approximate surface area is 170 Å². The van der Waals surface area contributed by atoms with Gasteiger partial charge in [-0.1, -0.05) is 25.5 Å². The van der Waals surface area contributed by atoms with Crippen LogP contribution in [0.15, 0.2) is 23.8 Å². The molecule has 2 N–H and O–H groups in total. The molecule has 0 bridgehead atoms. The summed E-state index contributed by atoms with van der Waals surface area (Å²) < 4.78 is 12.3. The monoisotopic (exact) mass is 402 g/mol. The zero-order valence-electron chi connectivity index (χ0n) is 17.5. The van der Waals surface area contributed by atoms with Crippen LogP contribution in [0.3, 0.4) is 0 Å². The molecule has 0 aromatic carbocycles. The number of allylic oxidation sites excluding steroid dienone is 4. The van der Waals surface area contributed by atoms with Crippen molar-refractivity contribution >= 4 is 11.8 Å². The number of carboxylic acids is 1. The summed E-state index contributed by atoms with van der Waals surface area (Å²) in [5, 5.41) is 21.7. The molecule has 4 aliphatic carbocycles. The van der Waals surface area contributed by atoms with Gasteiger partial charge in [0.05, 0.1) is 6.10 Å². The molecule has 0 spiro atoms. The van der Waals surface area contributed by atoms with E-state index in [0.717, 1.165) is 18.4 Å². The zero-order chi connectivity index (χ0) is 21.0. The Hall–Kier alpha value is -1.50. The summed E-state index contributed by atoms with van der Waals surface area (Å²) in [6, 6.07) is 0.